The van der Waals surface area contributed by atoms with E-state index in [4.69, 9.17) is 0 Å². The van der Waals surface area contributed by atoms with E-state index in [2.05, 4.69) is 5.32 Å². The van der Waals surface area contributed by atoms with Crippen LogP contribution in [0, 0.1) is 11.8 Å². The predicted molar refractivity (Wildman–Crippen MR) is 107 cm³/mol. The van der Waals surface area contributed by atoms with Crippen LogP contribution < -0.4 is 5.32 Å². The number of aliphatic hydroxyl groups is 1. The second-order valence-electron chi connectivity index (χ2n) is 8.33. The van der Waals surface area contributed by atoms with E-state index in [1.165, 1.54) is 0 Å². The molecular formula is C21H24N2O4S. The van der Waals surface area contributed by atoms with Crippen molar-refractivity contribution < 1.29 is 18.3 Å². The smallest absolute Gasteiger partial charge is 0.256 e. The van der Waals surface area contributed by atoms with Crippen LogP contribution in [0.5, 0.6) is 0 Å². The number of hydrogen-bond acceptors (Lipinski definition) is 4. The summed E-state index contributed by atoms with van der Waals surface area (Å²) < 4.78 is 28.7. The molecule has 2 N–H and O–H groups in total. The largest absolute Gasteiger partial charge is 0.390 e. The molecule has 2 fully saturated rings. The summed E-state index contributed by atoms with van der Waals surface area (Å²) in [7, 11) is -3.72. The lowest BCUT2D eigenvalue weighted by Gasteiger charge is -2.40. The first-order chi connectivity index (χ1) is 13.3. The number of carbonyl (C=O) groups is 1. The van der Waals surface area contributed by atoms with E-state index in [-0.39, 0.29) is 22.6 Å². The zero-order valence-corrected chi connectivity index (χ0v) is 16.6. The summed E-state index contributed by atoms with van der Waals surface area (Å²) in [5.41, 5.74) is 0.399. The molecule has 1 amide bonds. The molecule has 148 valence electrons. The zero-order valence-electron chi connectivity index (χ0n) is 15.8. The van der Waals surface area contributed by atoms with E-state index >= 15 is 0 Å². The Bertz CT molecular complexity index is 1100. The standard InChI is InChI=1S/C21H24N2O4S/c1-2-21(25)10-4-5-13-11-23(12-16(13)21)28(26,27)18-9-8-17-19-14(18)6-3-7-15(19)20(24)22-17/h3,6-9,13,16,25H,2,4-5,10-12H2,1H3,(H,22,24)/t13-,16+,21-/m1/s1. The molecule has 2 aliphatic heterocycles. The van der Waals surface area contributed by atoms with Crippen molar-refractivity contribution in [1.82, 2.24) is 4.31 Å². The van der Waals surface area contributed by atoms with Crippen molar-refractivity contribution in [2.45, 2.75) is 43.1 Å². The number of carbonyl (C=O) groups excluding carboxylic acids is 1. The van der Waals surface area contributed by atoms with Gasteiger partial charge in [-0.3, -0.25) is 4.79 Å². The first-order valence-electron chi connectivity index (χ1n) is 9.95. The van der Waals surface area contributed by atoms with Gasteiger partial charge in [-0.05, 0) is 43.4 Å². The molecule has 2 aromatic carbocycles. The summed E-state index contributed by atoms with van der Waals surface area (Å²) >= 11 is 0. The van der Waals surface area contributed by atoms with Gasteiger partial charge in [0.15, 0.2) is 0 Å². The van der Waals surface area contributed by atoms with E-state index < -0.39 is 15.6 Å². The normalized spacial score (nSPS) is 29.9. The quantitative estimate of drug-likeness (QED) is 0.829. The van der Waals surface area contributed by atoms with Gasteiger partial charge in [0.1, 0.15) is 0 Å². The van der Waals surface area contributed by atoms with Gasteiger partial charge in [0, 0.05) is 41.0 Å². The molecule has 0 radical (unpaired) electrons. The van der Waals surface area contributed by atoms with E-state index in [1.807, 2.05) is 6.92 Å². The second-order valence-corrected chi connectivity index (χ2v) is 10.2. The van der Waals surface area contributed by atoms with Crippen molar-refractivity contribution in [2.75, 3.05) is 18.4 Å². The Morgan fingerprint density at radius 2 is 2.07 bits per heavy atom. The number of benzene rings is 2. The summed E-state index contributed by atoms with van der Waals surface area (Å²) in [4.78, 5) is 12.4. The van der Waals surface area contributed by atoms with Gasteiger partial charge in [-0.2, -0.15) is 4.31 Å². The molecule has 6 nitrogen and oxygen atoms in total. The Hall–Kier alpha value is -1.96. The lowest BCUT2D eigenvalue weighted by Crippen LogP contribution is -2.44. The molecule has 0 spiro atoms. The van der Waals surface area contributed by atoms with Crippen LogP contribution in [-0.4, -0.2) is 42.4 Å². The first kappa shape index (κ1) is 18.1. The fourth-order valence-corrected chi connectivity index (χ4v) is 7.16. The summed E-state index contributed by atoms with van der Waals surface area (Å²) in [6.45, 7) is 2.79. The molecule has 5 rings (SSSR count). The third kappa shape index (κ3) is 2.39. The molecule has 0 bridgehead atoms. The summed E-state index contributed by atoms with van der Waals surface area (Å²) in [5, 5.41) is 15.1. The maximum absolute atomic E-state index is 13.6. The number of amides is 1. The number of fused-ring (bicyclic) bond motifs is 1. The molecule has 3 aliphatic rings. The first-order valence-corrected chi connectivity index (χ1v) is 11.4. The molecule has 1 saturated carbocycles. The molecule has 0 unspecified atom stereocenters. The minimum atomic E-state index is -3.72. The number of rotatable bonds is 3. The third-order valence-electron chi connectivity index (χ3n) is 7.01. The second kappa shape index (κ2) is 6.02. The van der Waals surface area contributed by atoms with Gasteiger partial charge in [-0.15, -0.1) is 0 Å². The van der Waals surface area contributed by atoms with Crippen LogP contribution in [0.2, 0.25) is 0 Å². The van der Waals surface area contributed by atoms with Crippen molar-refractivity contribution in [2.24, 2.45) is 11.8 Å². The van der Waals surface area contributed by atoms with E-state index in [1.54, 1.807) is 34.6 Å². The van der Waals surface area contributed by atoms with Crippen molar-refractivity contribution in [1.29, 1.82) is 0 Å². The van der Waals surface area contributed by atoms with E-state index in [0.29, 0.717) is 41.5 Å². The minimum Gasteiger partial charge on any atom is -0.390 e. The van der Waals surface area contributed by atoms with Gasteiger partial charge >= 0.3 is 0 Å². The average molecular weight is 401 g/mol. The highest BCUT2D eigenvalue weighted by atomic mass is 32.2. The number of nitrogens with zero attached hydrogens (tertiary/aromatic N) is 1. The molecular weight excluding hydrogens is 376 g/mol. The van der Waals surface area contributed by atoms with Gasteiger partial charge in [0.25, 0.3) is 5.91 Å². The predicted octanol–water partition coefficient (Wildman–Crippen LogP) is 2.97. The molecule has 2 heterocycles. The minimum absolute atomic E-state index is 0.0129. The maximum Gasteiger partial charge on any atom is 0.256 e. The topological polar surface area (TPSA) is 86.7 Å². The van der Waals surface area contributed by atoms with Gasteiger partial charge in [0.2, 0.25) is 10.0 Å². The molecule has 3 atom stereocenters. The molecule has 7 heteroatoms. The summed E-state index contributed by atoms with van der Waals surface area (Å²) in [6.07, 6.45) is 3.29. The summed E-state index contributed by atoms with van der Waals surface area (Å²) in [5.74, 6) is -0.00935. The van der Waals surface area contributed by atoms with Crippen LogP contribution in [0.1, 0.15) is 43.0 Å². The van der Waals surface area contributed by atoms with Crippen molar-refractivity contribution in [3.63, 3.8) is 0 Å². The van der Waals surface area contributed by atoms with Gasteiger partial charge in [-0.25, -0.2) is 8.42 Å². The lowest BCUT2D eigenvalue weighted by atomic mass is 9.69. The van der Waals surface area contributed by atoms with Gasteiger partial charge < -0.3 is 10.4 Å². The highest BCUT2D eigenvalue weighted by Crippen LogP contribution is 2.46. The fourth-order valence-electron chi connectivity index (χ4n) is 5.45. The molecule has 0 aromatic heterocycles. The van der Waals surface area contributed by atoms with E-state index in [0.717, 1.165) is 19.3 Å². The van der Waals surface area contributed by atoms with Crippen molar-refractivity contribution in [3.05, 3.63) is 35.9 Å². The molecule has 1 aliphatic carbocycles. The Labute approximate surface area is 164 Å². The van der Waals surface area contributed by atoms with Crippen molar-refractivity contribution in [3.8, 4) is 0 Å². The fraction of sp³-hybridized carbons (Fsp3) is 0.476. The van der Waals surface area contributed by atoms with Crippen LogP contribution in [0.4, 0.5) is 5.69 Å². The highest BCUT2D eigenvalue weighted by Gasteiger charge is 2.50. The Kier molecular flexibility index (Phi) is 3.89. The van der Waals surface area contributed by atoms with Crippen LogP contribution >= 0.6 is 0 Å². The summed E-state index contributed by atoms with van der Waals surface area (Å²) in [6, 6.07) is 8.48. The number of nitrogens with one attached hydrogen (secondary N) is 1. The average Bonchev–Trinajstić information content (AvgIpc) is 3.27. The molecule has 1 saturated heterocycles. The number of sulfonamides is 1. The Balaban J connectivity index is 1.58. The number of anilines is 1. The van der Waals surface area contributed by atoms with E-state index in [9.17, 15) is 18.3 Å². The zero-order chi connectivity index (χ0) is 19.7. The third-order valence-corrected chi connectivity index (χ3v) is 8.90. The Morgan fingerprint density at radius 3 is 2.86 bits per heavy atom. The number of hydrogen-bond donors (Lipinski definition) is 2. The van der Waals surface area contributed by atoms with Crippen LogP contribution in [0.3, 0.4) is 0 Å². The molecule has 2 aromatic rings. The van der Waals surface area contributed by atoms with Gasteiger partial charge in [-0.1, -0.05) is 25.5 Å². The van der Waals surface area contributed by atoms with Crippen LogP contribution in [-0.2, 0) is 10.0 Å². The molecule has 28 heavy (non-hydrogen) atoms. The lowest BCUT2D eigenvalue weighted by molar-refractivity contribution is -0.0605. The van der Waals surface area contributed by atoms with Crippen LogP contribution in [0.25, 0.3) is 10.8 Å². The maximum atomic E-state index is 13.6. The SMILES string of the molecule is CC[C@@]1(O)CCC[C@@H]2CN(S(=O)(=O)c3ccc4c5c(cccc35)C(=O)N4)C[C@@H]21. The van der Waals surface area contributed by atoms with Gasteiger partial charge in [0.05, 0.1) is 10.5 Å². The van der Waals surface area contributed by atoms with Crippen molar-refractivity contribution >= 4 is 32.4 Å². The monoisotopic (exact) mass is 400 g/mol. The van der Waals surface area contributed by atoms with Crippen LogP contribution in [0.15, 0.2) is 35.2 Å². The Morgan fingerprint density at radius 1 is 1.25 bits per heavy atom. The highest BCUT2D eigenvalue weighted by molar-refractivity contribution is 7.89.